The molecule has 0 bridgehead atoms. The van der Waals surface area contributed by atoms with Crippen molar-refractivity contribution in [1.29, 1.82) is 0 Å². The van der Waals surface area contributed by atoms with Crippen molar-refractivity contribution in [1.82, 2.24) is 10.3 Å². The molecular formula is C12H18ClN3OS. The van der Waals surface area contributed by atoms with Crippen molar-refractivity contribution < 1.29 is 4.79 Å². The van der Waals surface area contributed by atoms with Crippen LogP contribution in [0.1, 0.15) is 36.3 Å². The van der Waals surface area contributed by atoms with Gasteiger partial charge in [0.1, 0.15) is 0 Å². The zero-order valence-corrected chi connectivity index (χ0v) is 11.8. The molecule has 18 heavy (non-hydrogen) atoms. The fraction of sp³-hybridized carbons (Fsp3) is 0.667. The number of rotatable bonds is 2. The van der Waals surface area contributed by atoms with Gasteiger partial charge in [0.25, 0.3) is 0 Å². The van der Waals surface area contributed by atoms with Gasteiger partial charge < -0.3 is 10.6 Å². The number of amides is 1. The molecule has 1 aromatic heterocycles. The zero-order chi connectivity index (χ0) is 11.7. The van der Waals surface area contributed by atoms with E-state index >= 15 is 0 Å². The largest absolute Gasteiger partial charge is 0.306 e. The fourth-order valence-corrected chi connectivity index (χ4v) is 3.56. The summed E-state index contributed by atoms with van der Waals surface area (Å²) in [4.78, 5) is 17.8. The monoisotopic (exact) mass is 287 g/mol. The maximum atomic E-state index is 11.9. The minimum Gasteiger partial charge on any atom is -0.306 e. The van der Waals surface area contributed by atoms with Gasteiger partial charge in [-0.05, 0) is 45.1 Å². The molecule has 1 atom stereocenters. The zero-order valence-electron chi connectivity index (χ0n) is 10.2. The summed E-state index contributed by atoms with van der Waals surface area (Å²) in [7, 11) is 0. The van der Waals surface area contributed by atoms with Gasteiger partial charge in [-0.15, -0.1) is 23.7 Å². The number of nitrogens with zero attached hydrogens (tertiary/aromatic N) is 1. The van der Waals surface area contributed by atoms with E-state index in [1.165, 1.54) is 23.4 Å². The third-order valence-electron chi connectivity index (χ3n) is 3.45. The lowest BCUT2D eigenvalue weighted by atomic mass is 10.0. The number of nitrogens with one attached hydrogen (secondary N) is 2. The quantitative estimate of drug-likeness (QED) is 0.876. The number of halogens is 1. The Balaban J connectivity index is 0.00000120. The fourth-order valence-electron chi connectivity index (χ4n) is 2.51. The lowest BCUT2D eigenvalue weighted by Gasteiger charge is -2.08. The Morgan fingerprint density at radius 1 is 1.33 bits per heavy atom. The number of aromatic nitrogens is 1. The van der Waals surface area contributed by atoms with Gasteiger partial charge in [-0.3, -0.25) is 4.79 Å². The van der Waals surface area contributed by atoms with Gasteiger partial charge in [0, 0.05) is 4.88 Å². The predicted octanol–water partition coefficient (Wildman–Crippen LogP) is 2.13. The highest BCUT2D eigenvalue weighted by Gasteiger charge is 2.23. The van der Waals surface area contributed by atoms with Crippen molar-refractivity contribution in [3.63, 3.8) is 0 Å². The average molecular weight is 288 g/mol. The number of carbonyl (C=O) groups is 1. The first kappa shape index (κ1) is 13.8. The molecule has 1 aliphatic carbocycles. The molecule has 1 amide bonds. The van der Waals surface area contributed by atoms with E-state index < -0.39 is 0 Å². The molecule has 0 spiro atoms. The Morgan fingerprint density at radius 3 is 2.89 bits per heavy atom. The van der Waals surface area contributed by atoms with Crippen LogP contribution in [0.4, 0.5) is 5.13 Å². The van der Waals surface area contributed by atoms with Crippen LogP contribution in [-0.2, 0) is 17.6 Å². The highest BCUT2D eigenvalue weighted by Crippen LogP contribution is 2.29. The number of aryl methyl sites for hydroxylation is 2. The molecule has 0 saturated carbocycles. The molecule has 6 heteroatoms. The van der Waals surface area contributed by atoms with Crippen LogP contribution in [-0.4, -0.2) is 23.5 Å². The minimum absolute atomic E-state index is 0. The molecule has 0 aromatic carbocycles. The van der Waals surface area contributed by atoms with Gasteiger partial charge >= 0.3 is 0 Å². The Labute approximate surface area is 117 Å². The second-order valence-corrected chi connectivity index (χ2v) is 5.82. The summed E-state index contributed by atoms with van der Waals surface area (Å²) in [6, 6.07) is -0.0177. The molecule has 1 aromatic rings. The molecule has 3 rings (SSSR count). The molecule has 1 saturated heterocycles. The van der Waals surface area contributed by atoms with E-state index in [1.54, 1.807) is 11.3 Å². The highest BCUT2D eigenvalue weighted by atomic mass is 35.5. The van der Waals surface area contributed by atoms with Gasteiger partial charge in [0.2, 0.25) is 5.91 Å². The SMILES string of the molecule is Cl.O=C(Nc1nc2c(s1)CCCC2)C1CCCN1. The average Bonchev–Trinajstić information content (AvgIpc) is 2.97. The van der Waals surface area contributed by atoms with Crippen LogP contribution < -0.4 is 10.6 Å². The van der Waals surface area contributed by atoms with Gasteiger partial charge in [-0.1, -0.05) is 0 Å². The first-order valence-corrected chi connectivity index (χ1v) is 7.17. The summed E-state index contributed by atoms with van der Waals surface area (Å²) >= 11 is 1.65. The van der Waals surface area contributed by atoms with Gasteiger partial charge in [-0.2, -0.15) is 0 Å². The van der Waals surface area contributed by atoms with Crippen LogP contribution >= 0.6 is 23.7 Å². The molecule has 2 N–H and O–H groups in total. The summed E-state index contributed by atoms with van der Waals surface area (Å²) in [5, 5.41) is 6.94. The molecule has 0 radical (unpaired) electrons. The van der Waals surface area contributed by atoms with Crippen LogP contribution in [0.15, 0.2) is 0 Å². The molecular weight excluding hydrogens is 270 g/mol. The normalized spacial score (nSPS) is 22.1. The molecule has 1 fully saturated rings. The van der Waals surface area contributed by atoms with E-state index in [0.717, 1.165) is 37.4 Å². The number of hydrogen-bond donors (Lipinski definition) is 2. The smallest absolute Gasteiger partial charge is 0.243 e. The Kier molecular flexibility index (Phi) is 4.59. The first-order valence-electron chi connectivity index (χ1n) is 6.36. The van der Waals surface area contributed by atoms with Crippen molar-refractivity contribution in [3.05, 3.63) is 10.6 Å². The molecule has 4 nitrogen and oxygen atoms in total. The van der Waals surface area contributed by atoms with E-state index in [0.29, 0.717) is 0 Å². The van der Waals surface area contributed by atoms with Crippen LogP contribution in [0.25, 0.3) is 0 Å². The van der Waals surface area contributed by atoms with Crippen LogP contribution in [0, 0.1) is 0 Å². The lowest BCUT2D eigenvalue weighted by Crippen LogP contribution is -2.35. The van der Waals surface area contributed by atoms with Gasteiger partial charge in [0.15, 0.2) is 5.13 Å². The number of thiazole rings is 1. The summed E-state index contributed by atoms with van der Waals surface area (Å²) in [5.41, 5.74) is 1.20. The summed E-state index contributed by atoms with van der Waals surface area (Å²) < 4.78 is 0. The molecule has 1 aliphatic heterocycles. The summed E-state index contributed by atoms with van der Waals surface area (Å²) in [6.45, 7) is 0.951. The van der Waals surface area contributed by atoms with Crippen LogP contribution in [0.5, 0.6) is 0 Å². The van der Waals surface area contributed by atoms with Crippen molar-refractivity contribution >= 4 is 34.8 Å². The van der Waals surface area contributed by atoms with Crippen LogP contribution in [0.2, 0.25) is 0 Å². The van der Waals surface area contributed by atoms with Gasteiger partial charge in [-0.25, -0.2) is 4.98 Å². The van der Waals surface area contributed by atoms with Crippen molar-refractivity contribution in [2.24, 2.45) is 0 Å². The molecule has 2 heterocycles. The molecule has 100 valence electrons. The van der Waals surface area contributed by atoms with E-state index in [2.05, 4.69) is 15.6 Å². The standard InChI is InChI=1S/C12H17N3OS.ClH/c16-11(9-5-3-7-13-9)15-12-14-8-4-1-2-6-10(8)17-12;/h9,13H,1-7H2,(H,14,15,16);1H. The van der Waals surface area contributed by atoms with Crippen LogP contribution in [0.3, 0.4) is 0 Å². The Bertz CT molecular complexity index is 405. The second kappa shape index (κ2) is 5.99. The highest BCUT2D eigenvalue weighted by molar-refractivity contribution is 7.15. The summed E-state index contributed by atoms with van der Waals surface area (Å²) in [5.74, 6) is 0.0774. The third kappa shape index (κ3) is 2.84. The van der Waals surface area contributed by atoms with E-state index in [1.807, 2.05) is 0 Å². The number of carbonyl (C=O) groups excluding carboxylic acids is 1. The first-order chi connectivity index (χ1) is 8.33. The Hall–Kier alpha value is -0.650. The predicted molar refractivity (Wildman–Crippen MR) is 75.7 cm³/mol. The van der Waals surface area contributed by atoms with E-state index in [-0.39, 0.29) is 24.4 Å². The number of anilines is 1. The third-order valence-corrected chi connectivity index (χ3v) is 4.53. The van der Waals surface area contributed by atoms with Crippen molar-refractivity contribution in [2.75, 3.05) is 11.9 Å². The lowest BCUT2D eigenvalue weighted by molar-refractivity contribution is -0.117. The summed E-state index contributed by atoms with van der Waals surface area (Å²) in [6.07, 6.45) is 6.72. The number of hydrogen-bond acceptors (Lipinski definition) is 4. The maximum Gasteiger partial charge on any atom is 0.243 e. The van der Waals surface area contributed by atoms with Crippen molar-refractivity contribution in [2.45, 2.75) is 44.6 Å². The minimum atomic E-state index is -0.0177. The molecule has 1 unspecified atom stereocenters. The maximum absolute atomic E-state index is 11.9. The number of fused-ring (bicyclic) bond motifs is 1. The molecule has 2 aliphatic rings. The van der Waals surface area contributed by atoms with E-state index in [9.17, 15) is 4.79 Å². The van der Waals surface area contributed by atoms with Crippen molar-refractivity contribution in [3.8, 4) is 0 Å². The topological polar surface area (TPSA) is 54.0 Å². The van der Waals surface area contributed by atoms with Gasteiger partial charge in [0.05, 0.1) is 11.7 Å². The second-order valence-electron chi connectivity index (χ2n) is 4.73. The Morgan fingerprint density at radius 2 is 2.17 bits per heavy atom. The van der Waals surface area contributed by atoms with E-state index in [4.69, 9.17) is 0 Å².